The smallest absolute Gasteiger partial charge is 0.243 e. The van der Waals surface area contributed by atoms with Gasteiger partial charge in [-0.25, -0.2) is 0 Å². The summed E-state index contributed by atoms with van der Waals surface area (Å²) < 4.78 is 0. The number of primary amides is 1. The second-order valence-corrected chi connectivity index (χ2v) is 6.15. The number of carbonyl (C=O) groups is 1. The Bertz CT molecular complexity index is 494. The molecule has 5 heteroatoms. The van der Waals surface area contributed by atoms with Crippen molar-refractivity contribution in [1.82, 2.24) is 4.90 Å². The van der Waals surface area contributed by atoms with Crippen molar-refractivity contribution in [1.29, 1.82) is 0 Å². The van der Waals surface area contributed by atoms with E-state index in [-0.39, 0.29) is 5.91 Å². The summed E-state index contributed by atoms with van der Waals surface area (Å²) in [5, 5.41) is 3.95. The fraction of sp³-hybridized carbons (Fsp3) is 0.562. The number of anilines is 1. The summed E-state index contributed by atoms with van der Waals surface area (Å²) in [6, 6.07) is 7.49. The molecule has 1 atom stereocenters. The number of likely N-dealkylation sites (tertiary alicyclic amines) is 1. The Morgan fingerprint density at radius 1 is 1.38 bits per heavy atom. The summed E-state index contributed by atoms with van der Waals surface area (Å²) in [5.41, 5.74) is 5.80. The van der Waals surface area contributed by atoms with Crippen LogP contribution in [0.4, 0.5) is 5.69 Å². The van der Waals surface area contributed by atoms with Crippen LogP contribution in [0, 0.1) is 0 Å². The number of nitrogens with one attached hydrogen (secondary N) is 1. The summed E-state index contributed by atoms with van der Waals surface area (Å²) in [6.45, 7) is 5.15. The van der Waals surface area contributed by atoms with Gasteiger partial charge in [-0.3, -0.25) is 4.79 Å². The van der Waals surface area contributed by atoms with Gasteiger partial charge in [-0.15, -0.1) is 0 Å². The van der Waals surface area contributed by atoms with Crippen LogP contribution in [-0.4, -0.2) is 36.0 Å². The average molecular weight is 310 g/mol. The Kier molecular flexibility index (Phi) is 5.48. The van der Waals surface area contributed by atoms with E-state index in [0.717, 1.165) is 44.6 Å². The highest BCUT2D eigenvalue weighted by molar-refractivity contribution is 6.33. The molecule has 2 rings (SSSR count). The zero-order chi connectivity index (χ0) is 15.3. The molecule has 0 spiro atoms. The van der Waals surface area contributed by atoms with E-state index >= 15 is 0 Å². The van der Waals surface area contributed by atoms with Gasteiger partial charge in [0.15, 0.2) is 0 Å². The maximum Gasteiger partial charge on any atom is 0.243 e. The van der Waals surface area contributed by atoms with Crippen molar-refractivity contribution in [2.45, 2.75) is 38.1 Å². The maximum absolute atomic E-state index is 12.1. The molecule has 0 saturated carbocycles. The Morgan fingerprint density at radius 3 is 2.81 bits per heavy atom. The van der Waals surface area contributed by atoms with Crippen LogP contribution in [0.15, 0.2) is 24.3 Å². The van der Waals surface area contributed by atoms with Crippen molar-refractivity contribution in [2.75, 3.05) is 25.0 Å². The summed E-state index contributed by atoms with van der Waals surface area (Å²) in [5.74, 6) is -0.291. The quantitative estimate of drug-likeness (QED) is 0.879. The lowest BCUT2D eigenvalue weighted by Gasteiger charge is -2.32. The van der Waals surface area contributed by atoms with Gasteiger partial charge in [-0.1, -0.05) is 30.7 Å². The minimum atomic E-state index is -0.701. The first kappa shape index (κ1) is 16.1. The third-order valence-corrected chi connectivity index (χ3v) is 4.52. The molecule has 1 aromatic rings. The molecule has 21 heavy (non-hydrogen) atoms. The highest BCUT2D eigenvalue weighted by Gasteiger charge is 2.38. The van der Waals surface area contributed by atoms with Crippen LogP contribution < -0.4 is 11.1 Å². The number of halogens is 1. The number of carbonyl (C=O) groups excluding carboxylic acids is 1. The third kappa shape index (κ3) is 3.89. The normalized spacial score (nSPS) is 23.5. The summed E-state index contributed by atoms with van der Waals surface area (Å²) in [4.78, 5) is 14.5. The zero-order valence-corrected chi connectivity index (χ0v) is 13.3. The molecule has 1 aliphatic rings. The fourth-order valence-electron chi connectivity index (χ4n) is 2.98. The first-order chi connectivity index (χ1) is 10.1. The molecule has 1 aromatic carbocycles. The molecular formula is C16H24ClN3O. The molecule has 1 saturated heterocycles. The van der Waals surface area contributed by atoms with Gasteiger partial charge in [0.2, 0.25) is 5.91 Å². The van der Waals surface area contributed by atoms with Crippen LogP contribution in [0.1, 0.15) is 32.6 Å². The van der Waals surface area contributed by atoms with E-state index < -0.39 is 5.54 Å². The molecule has 0 radical (unpaired) electrons. The van der Waals surface area contributed by atoms with E-state index in [1.54, 1.807) is 0 Å². The molecule has 4 nitrogen and oxygen atoms in total. The number of nitrogens with two attached hydrogens (primary N) is 1. The van der Waals surface area contributed by atoms with E-state index in [1.165, 1.54) is 0 Å². The van der Waals surface area contributed by atoms with Crippen LogP contribution in [0.5, 0.6) is 0 Å². The Hall–Kier alpha value is -1.26. The lowest BCUT2D eigenvalue weighted by molar-refractivity contribution is -0.122. The lowest BCUT2D eigenvalue weighted by atomic mass is 9.89. The van der Waals surface area contributed by atoms with E-state index in [0.29, 0.717) is 11.4 Å². The van der Waals surface area contributed by atoms with Crippen molar-refractivity contribution in [3.8, 4) is 0 Å². The monoisotopic (exact) mass is 309 g/mol. The van der Waals surface area contributed by atoms with Crippen LogP contribution in [0.2, 0.25) is 5.02 Å². The molecule has 0 aromatic heterocycles. The number of benzene rings is 1. The highest BCUT2D eigenvalue weighted by atomic mass is 35.5. The van der Waals surface area contributed by atoms with Gasteiger partial charge in [0.05, 0.1) is 10.7 Å². The molecule has 1 aliphatic heterocycles. The fourth-order valence-corrected chi connectivity index (χ4v) is 3.17. The van der Waals surface area contributed by atoms with Crippen molar-refractivity contribution in [3.63, 3.8) is 0 Å². The lowest BCUT2D eigenvalue weighted by Crippen LogP contribution is -2.51. The van der Waals surface area contributed by atoms with Crippen LogP contribution >= 0.6 is 11.6 Å². The van der Waals surface area contributed by atoms with Gasteiger partial charge >= 0.3 is 0 Å². The van der Waals surface area contributed by atoms with Gasteiger partial charge < -0.3 is 16.0 Å². The number of hydrogen-bond donors (Lipinski definition) is 2. The molecule has 1 fully saturated rings. The molecule has 0 aliphatic carbocycles. The standard InChI is InChI=1S/C16H24ClN3O/c1-2-10-20-11-5-8-16(9-12-20,15(18)21)19-14-7-4-3-6-13(14)17/h3-4,6-7,19H,2,5,8-12H2,1H3,(H2,18,21). The Labute approximate surface area is 131 Å². The number of nitrogens with zero attached hydrogens (tertiary/aromatic N) is 1. The average Bonchev–Trinajstić information content (AvgIpc) is 2.66. The largest absolute Gasteiger partial charge is 0.370 e. The molecule has 116 valence electrons. The SMILES string of the molecule is CCCN1CCCC(Nc2ccccc2Cl)(C(N)=O)CC1. The summed E-state index contributed by atoms with van der Waals surface area (Å²) in [6.07, 6.45) is 3.54. The second kappa shape index (κ2) is 7.14. The predicted octanol–water partition coefficient (Wildman–Crippen LogP) is 2.87. The molecule has 1 unspecified atom stereocenters. The van der Waals surface area contributed by atoms with Crippen LogP contribution in [-0.2, 0) is 4.79 Å². The van der Waals surface area contributed by atoms with Gasteiger partial charge in [-0.05, 0) is 50.9 Å². The molecule has 1 amide bonds. The van der Waals surface area contributed by atoms with E-state index in [1.807, 2.05) is 24.3 Å². The summed E-state index contributed by atoms with van der Waals surface area (Å²) >= 11 is 6.20. The highest BCUT2D eigenvalue weighted by Crippen LogP contribution is 2.30. The zero-order valence-electron chi connectivity index (χ0n) is 12.6. The number of rotatable bonds is 5. The van der Waals surface area contributed by atoms with E-state index in [2.05, 4.69) is 17.1 Å². The molecule has 3 N–H and O–H groups in total. The maximum atomic E-state index is 12.1. The minimum Gasteiger partial charge on any atom is -0.370 e. The van der Waals surface area contributed by atoms with Crippen LogP contribution in [0.25, 0.3) is 0 Å². The van der Waals surface area contributed by atoms with Gasteiger partial charge in [0.1, 0.15) is 5.54 Å². The van der Waals surface area contributed by atoms with Crippen molar-refractivity contribution < 1.29 is 4.79 Å². The van der Waals surface area contributed by atoms with Crippen molar-refractivity contribution in [2.24, 2.45) is 5.73 Å². The molecule has 0 bridgehead atoms. The number of hydrogen-bond acceptors (Lipinski definition) is 3. The summed E-state index contributed by atoms with van der Waals surface area (Å²) in [7, 11) is 0. The van der Waals surface area contributed by atoms with Gasteiger partial charge in [0, 0.05) is 6.54 Å². The third-order valence-electron chi connectivity index (χ3n) is 4.19. The number of amides is 1. The van der Waals surface area contributed by atoms with E-state index in [4.69, 9.17) is 17.3 Å². The molecule has 1 heterocycles. The number of para-hydroxylation sites is 1. The predicted molar refractivity (Wildman–Crippen MR) is 87.6 cm³/mol. The topological polar surface area (TPSA) is 58.4 Å². The molecular weight excluding hydrogens is 286 g/mol. The minimum absolute atomic E-state index is 0.291. The first-order valence-electron chi connectivity index (χ1n) is 7.62. The van der Waals surface area contributed by atoms with Gasteiger partial charge in [-0.2, -0.15) is 0 Å². The van der Waals surface area contributed by atoms with Crippen LogP contribution in [0.3, 0.4) is 0 Å². The van der Waals surface area contributed by atoms with Crippen molar-refractivity contribution >= 4 is 23.2 Å². The Morgan fingerprint density at radius 2 is 2.14 bits per heavy atom. The first-order valence-corrected chi connectivity index (χ1v) is 8.00. The van der Waals surface area contributed by atoms with Gasteiger partial charge in [0.25, 0.3) is 0 Å². The van der Waals surface area contributed by atoms with E-state index in [9.17, 15) is 4.79 Å². The Balaban J connectivity index is 2.17. The second-order valence-electron chi connectivity index (χ2n) is 5.75. The van der Waals surface area contributed by atoms with Crippen molar-refractivity contribution in [3.05, 3.63) is 29.3 Å².